The van der Waals surface area contributed by atoms with Gasteiger partial charge in [0.25, 0.3) is 0 Å². The molecule has 1 aromatic heterocycles. The van der Waals surface area contributed by atoms with E-state index >= 15 is 0 Å². The van der Waals surface area contributed by atoms with E-state index in [1.807, 2.05) is 18.2 Å². The van der Waals surface area contributed by atoms with E-state index in [0.717, 1.165) is 34.6 Å². The number of tetrazole rings is 1. The number of thioether (sulfide) groups is 1. The standard InChI is InChI=1S/C18H20N6O2S3/c19-8-9-28-15-7-6-14(16(17(15)27)18-20-23-24-21-18)11-2-1-3-13(10-11)29(25,26)22-12-4-5-12/h1-3,6-7,10,12,22,27H,4-5,8-9,19H2,(H,20,21,23,24). The van der Waals surface area contributed by atoms with E-state index in [0.29, 0.717) is 22.8 Å². The lowest BCUT2D eigenvalue weighted by atomic mass is 9.99. The maximum absolute atomic E-state index is 12.6. The van der Waals surface area contributed by atoms with Crippen LogP contribution in [0.25, 0.3) is 22.5 Å². The molecule has 1 aliphatic rings. The minimum absolute atomic E-state index is 0.0430. The average molecular weight is 449 g/mol. The number of nitrogens with zero attached hydrogens (tertiary/aromatic N) is 3. The maximum Gasteiger partial charge on any atom is 0.240 e. The van der Waals surface area contributed by atoms with E-state index in [1.54, 1.807) is 30.0 Å². The van der Waals surface area contributed by atoms with Crippen molar-refractivity contribution in [2.75, 3.05) is 12.3 Å². The van der Waals surface area contributed by atoms with Gasteiger partial charge in [-0.3, -0.25) is 0 Å². The van der Waals surface area contributed by atoms with Gasteiger partial charge < -0.3 is 5.73 Å². The van der Waals surface area contributed by atoms with Crippen molar-refractivity contribution in [3.8, 4) is 22.5 Å². The van der Waals surface area contributed by atoms with Gasteiger partial charge in [-0.1, -0.05) is 18.2 Å². The summed E-state index contributed by atoms with van der Waals surface area (Å²) in [5.41, 5.74) is 7.82. The van der Waals surface area contributed by atoms with Crippen LogP contribution in [-0.4, -0.2) is 47.4 Å². The lowest BCUT2D eigenvalue weighted by molar-refractivity contribution is 0.581. The first kappa shape index (κ1) is 20.4. The van der Waals surface area contributed by atoms with Gasteiger partial charge in [0.05, 0.1) is 4.90 Å². The Morgan fingerprint density at radius 3 is 2.79 bits per heavy atom. The zero-order chi connectivity index (χ0) is 20.4. The smallest absolute Gasteiger partial charge is 0.240 e. The SMILES string of the molecule is NCCSc1ccc(-c2cccc(S(=O)(=O)NC3CC3)c2)c(-c2nn[nH]n2)c1S. The summed E-state index contributed by atoms with van der Waals surface area (Å²) in [5, 5.41) is 14.3. The van der Waals surface area contributed by atoms with Crippen LogP contribution in [0.5, 0.6) is 0 Å². The Kier molecular flexibility index (Phi) is 5.93. The highest BCUT2D eigenvalue weighted by Crippen LogP contribution is 2.40. The zero-order valence-corrected chi connectivity index (χ0v) is 17.9. The minimum atomic E-state index is -3.56. The molecule has 29 heavy (non-hydrogen) atoms. The number of nitrogens with two attached hydrogens (primary N) is 1. The molecule has 2 aromatic carbocycles. The highest BCUT2D eigenvalue weighted by atomic mass is 32.2. The van der Waals surface area contributed by atoms with Crippen molar-refractivity contribution in [2.45, 2.75) is 33.6 Å². The molecule has 0 saturated heterocycles. The van der Waals surface area contributed by atoms with Gasteiger partial charge in [-0.15, -0.1) is 34.6 Å². The van der Waals surface area contributed by atoms with Crippen LogP contribution in [0.3, 0.4) is 0 Å². The summed E-state index contributed by atoms with van der Waals surface area (Å²) in [4.78, 5) is 1.87. The van der Waals surface area contributed by atoms with Crippen molar-refractivity contribution < 1.29 is 8.42 Å². The van der Waals surface area contributed by atoms with Crippen molar-refractivity contribution in [2.24, 2.45) is 5.73 Å². The normalized spacial score (nSPS) is 14.3. The second-order valence-electron chi connectivity index (χ2n) is 6.63. The number of nitrogens with one attached hydrogen (secondary N) is 2. The first-order valence-electron chi connectivity index (χ1n) is 9.05. The topological polar surface area (TPSA) is 127 Å². The highest BCUT2D eigenvalue weighted by Gasteiger charge is 2.28. The molecule has 0 bridgehead atoms. The molecule has 11 heteroatoms. The van der Waals surface area contributed by atoms with Crippen molar-refractivity contribution in [3.05, 3.63) is 36.4 Å². The third kappa shape index (κ3) is 4.48. The molecule has 0 unspecified atom stereocenters. The molecule has 1 fully saturated rings. The quantitative estimate of drug-likeness (QED) is 0.308. The van der Waals surface area contributed by atoms with Gasteiger partial charge >= 0.3 is 0 Å². The zero-order valence-electron chi connectivity index (χ0n) is 15.4. The molecule has 8 nitrogen and oxygen atoms in total. The van der Waals surface area contributed by atoms with Crippen LogP contribution >= 0.6 is 24.4 Å². The van der Waals surface area contributed by atoms with Gasteiger partial charge in [-0.25, -0.2) is 13.1 Å². The van der Waals surface area contributed by atoms with E-state index in [-0.39, 0.29) is 10.9 Å². The summed E-state index contributed by atoms with van der Waals surface area (Å²) in [6, 6.07) is 10.7. The predicted octanol–water partition coefficient (Wildman–Crippen LogP) is 2.31. The first-order chi connectivity index (χ1) is 14.0. The van der Waals surface area contributed by atoms with Gasteiger partial charge in [0, 0.05) is 33.7 Å². The second kappa shape index (κ2) is 8.44. The summed E-state index contributed by atoms with van der Waals surface area (Å²) in [7, 11) is -3.56. The van der Waals surface area contributed by atoms with Gasteiger partial charge in [-0.2, -0.15) is 5.21 Å². The molecular formula is C18H20N6O2S3. The summed E-state index contributed by atoms with van der Waals surface area (Å²) in [5.74, 6) is 1.14. The first-order valence-corrected chi connectivity index (χ1v) is 12.0. The van der Waals surface area contributed by atoms with Crippen molar-refractivity contribution in [1.82, 2.24) is 25.3 Å². The summed E-state index contributed by atoms with van der Waals surface area (Å²) < 4.78 is 28.0. The molecule has 0 amide bonds. The Bertz CT molecular complexity index is 1110. The van der Waals surface area contributed by atoms with Gasteiger partial charge in [0.15, 0.2) is 0 Å². The fourth-order valence-corrected chi connectivity index (χ4v) is 5.49. The van der Waals surface area contributed by atoms with Gasteiger partial charge in [0.1, 0.15) is 0 Å². The fourth-order valence-electron chi connectivity index (χ4n) is 2.91. The van der Waals surface area contributed by atoms with Crippen LogP contribution in [0, 0.1) is 0 Å². The fraction of sp³-hybridized carbons (Fsp3) is 0.278. The average Bonchev–Trinajstić information content (AvgIpc) is 3.35. The van der Waals surface area contributed by atoms with Crippen LogP contribution in [0.1, 0.15) is 12.8 Å². The molecule has 1 aliphatic carbocycles. The molecule has 1 heterocycles. The van der Waals surface area contributed by atoms with E-state index in [9.17, 15) is 8.42 Å². The third-order valence-corrected chi connectivity index (χ3v) is 7.66. The number of aromatic amines is 1. The maximum atomic E-state index is 12.6. The number of thiol groups is 1. The van der Waals surface area contributed by atoms with Crippen LogP contribution in [-0.2, 0) is 10.0 Å². The third-order valence-electron chi connectivity index (χ3n) is 4.44. The largest absolute Gasteiger partial charge is 0.330 e. The lowest BCUT2D eigenvalue weighted by Gasteiger charge is -2.14. The predicted molar refractivity (Wildman–Crippen MR) is 115 cm³/mol. The van der Waals surface area contributed by atoms with Crippen LogP contribution < -0.4 is 10.5 Å². The van der Waals surface area contributed by atoms with Crippen LogP contribution in [0.2, 0.25) is 0 Å². The second-order valence-corrected chi connectivity index (χ2v) is 9.93. The number of hydrogen-bond acceptors (Lipinski definition) is 8. The molecule has 1 saturated carbocycles. The molecule has 3 aromatic rings. The number of benzene rings is 2. The number of aromatic nitrogens is 4. The molecule has 4 rings (SSSR count). The van der Waals surface area contributed by atoms with Crippen LogP contribution in [0.15, 0.2) is 51.1 Å². The van der Waals surface area contributed by atoms with Crippen molar-refractivity contribution in [3.63, 3.8) is 0 Å². The molecule has 152 valence electrons. The number of sulfonamides is 1. The summed E-state index contributed by atoms with van der Waals surface area (Å²) in [6.45, 7) is 0.547. The Balaban J connectivity index is 1.80. The monoisotopic (exact) mass is 448 g/mol. The van der Waals surface area contributed by atoms with E-state index in [2.05, 4.69) is 25.3 Å². The van der Waals surface area contributed by atoms with E-state index in [4.69, 9.17) is 18.4 Å². The Hall–Kier alpha value is -1.92. The Morgan fingerprint density at radius 2 is 2.10 bits per heavy atom. The molecule has 0 radical (unpaired) electrons. The molecular weight excluding hydrogens is 428 g/mol. The van der Waals surface area contributed by atoms with Crippen molar-refractivity contribution in [1.29, 1.82) is 0 Å². The summed E-state index contributed by atoms with van der Waals surface area (Å²) in [6.07, 6.45) is 1.76. The number of hydrogen-bond donors (Lipinski definition) is 4. The number of rotatable bonds is 8. The van der Waals surface area contributed by atoms with E-state index in [1.165, 1.54) is 0 Å². The van der Waals surface area contributed by atoms with Gasteiger partial charge in [0.2, 0.25) is 15.8 Å². The number of H-pyrrole nitrogens is 1. The lowest BCUT2D eigenvalue weighted by Crippen LogP contribution is -2.25. The van der Waals surface area contributed by atoms with Crippen molar-refractivity contribution >= 4 is 34.4 Å². The minimum Gasteiger partial charge on any atom is -0.330 e. The van der Waals surface area contributed by atoms with E-state index < -0.39 is 10.0 Å². The molecule has 0 atom stereocenters. The highest BCUT2D eigenvalue weighted by molar-refractivity contribution is 7.99. The molecule has 4 N–H and O–H groups in total. The molecule has 0 aliphatic heterocycles. The summed E-state index contributed by atoms with van der Waals surface area (Å²) >= 11 is 6.30. The van der Waals surface area contributed by atoms with Gasteiger partial charge in [-0.05, 0) is 47.4 Å². The molecule has 0 spiro atoms. The Labute approximate surface area is 178 Å². The van der Waals surface area contributed by atoms with Crippen LogP contribution in [0.4, 0.5) is 0 Å². The Morgan fingerprint density at radius 1 is 1.28 bits per heavy atom.